The molecule has 0 fully saturated rings. The monoisotopic (exact) mass is 264 g/mol. The Labute approximate surface area is 111 Å². The van der Waals surface area contributed by atoms with Gasteiger partial charge in [0.15, 0.2) is 0 Å². The highest BCUT2D eigenvalue weighted by molar-refractivity contribution is 5.87. The van der Waals surface area contributed by atoms with E-state index in [4.69, 9.17) is 9.84 Å². The summed E-state index contributed by atoms with van der Waals surface area (Å²) >= 11 is 0. The van der Waals surface area contributed by atoms with Crippen LogP contribution in [0.1, 0.15) is 12.1 Å². The average Bonchev–Trinajstić information content (AvgIpc) is 2.36. The van der Waals surface area contributed by atoms with Crippen molar-refractivity contribution < 1.29 is 19.4 Å². The summed E-state index contributed by atoms with van der Waals surface area (Å²) in [7, 11) is 0. The summed E-state index contributed by atoms with van der Waals surface area (Å²) in [4.78, 5) is 27.9. The average molecular weight is 264 g/mol. The zero-order chi connectivity index (χ0) is 14.3. The lowest BCUT2D eigenvalue weighted by Gasteiger charge is -2.20. The number of aliphatic carboxylic acids is 1. The van der Waals surface area contributed by atoms with Crippen LogP contribution in [0, 0.1) is 6.92 Å². The first kappa shape index (κ1) is 14.7. The van der Waals surface area contributed by atoms with E-state index in [1.807, 2.05) is 0 Å². The molecule has 1 rings (SSSR count). The van der Waals surface area contributed by atoms with Gasteiger partial charge in [-0.05, 0) is 19.1 Å². The predicted molar refractivity (Wildman–Crippen MR) is 70.1 cm³/mol. The minimum absolute atomic E-state index is 0.00175. The lowest BCUT2D eigenvalue weighted by Crippen LogP contribution is -2.34. The molecule has 0 saturated heterocycles. The van der Waals surface area contributed by atoms with Crippen molar-refractivity contribution in [3.63, 3.8) is 0 Å². The molecular formula is C13H16N2O4. The summed E-state index contributed by atoms with van der Waals surface area (Å²) < 4.78 is 4.92. The van der Waals surface area contributed by atoms with E-state index in [1.54, 1.807) is 25.1 Å². The minimum Gasteiger partial charge on any atom is -0.481 e. The van der Waals surface area contributed by atoms with Gasteiger partial charge in [-0.1, -0.05) is 18.7 Å². The Hall–Kier alpha value is -2.37. The molecular weight excluding hydrogens is 248 g/mol. The number of rotatable bonds is 6. The van der Waals surface area contributed by atoms with Gasteiger partial charge in [-0.2, -0.15) is 0 Å². The Morgan fingerprint density at radius 3 is 2.84 bits per heavy atom. The maximum Gasteiger partial charge on any atom is 0.415 e. The first-order chi connectivity index (χ1) is 9.04. The minimum atomic E-state index is -0.992. The van der Waals surface area contributed by atoms with Crippen molar-refractivity contribution in [1.82, 2.24) is 4.98 Å². The number of hydrogen-bond donors (Lipinski definition) is 1. The lowest BCUT2D eigenvalue weighted by molar-refractivity contribution is -0.136. The molecule has 6 heteroatoms. The maximum atomic E-state index is 11.8. The molecule has 0 aliphatic carbocycles. The summed E-state index contributed by atoms with van der Waals surface area (Å²) in [6.45, 7) is 5.30. The fourth-order valence-electron chi connectivity index (χ4n) is 1.39. The van der Waals surface area contributed by atoms with Crippen molar-refractivity contribution in [1.29, 1.82) is 0 Å². The first-order valence-electron chi connectivity index (χ1n) is 5.75. The topological polar surface area (TPSA) is 79.7 Å². The summed E-state index contributed by atoms with van der Waals surface area (Å²) in [6, 6.07) is 5.16. The van der Waals surface area contributed by atoms with Gasteiger partial charge in [0.1, 0.15) is 12.4 Å². The zero-order valence-corrected chi connectivity index (χ0v) is 10.7. The van der Waals surface area contributed by atoms with Crippen molar-refractivity contribution >= 4 is 17.9 Å². The molecule has 6 nitrogen and oxygen atoms in total. The van der Waals surface area contributed by atoms with Gasteiger partial charge in [0, 0.05) is 12.2 Å². The van der Waals surface area contributed by atoms with Crippen LogP contribution in [0.5, 0.6) is 0 Å². The van der Waals surface area contributed by atoms with Gasteiger partial charge in [-0.3, -0.25) is 9.69 Å². The van der Waals surface area contributed by atoms with E-state index in [2.05, 4.69) is 11.6 Å². The van der Waals surface area contributed by atoms with Gasteiger partial charge in [0.25, 0.3) is 0 Å². The van der Waals surface area contributed by atoms with E-state index in [0.29, 0.717) is 5.82 Å². The number of anilines is 1. The Bertz CT molecular complexity index is 473. The van der Waals surface area contributed by atoms with Crippen LogP contribution in [-0.2, 0) is 9.53 Å². The molecule has 1 aromatic rings. The van der Waals surface area contributed by atoms with Crippen LogP contribution in [-0.4, -0.2) is 35.3 Å². The standard InChI is InChI=1S/C13H16N2O4/c1-3-9-19-13(18)15(8-7-12(16)17)11-6-4-5-10(2)14-11/h3-6H,1,7-9H2,2H3,(H,16,17). The largest absolute Gasteiger partial charge is 0.481 e. The third-order valence-electron chi connectivity index (χ3n) is 2.24. The number of carboxylic acids is 1. The highest BCUT2D eigenvalue weighted by Crippen LogP contribution is 2.13. The van der Waals surface area contributed by atoms with E-state index in [-0.39, 0.29) is 19.6 Å². The molecule has 0 aliphatic heterocycles. The van der Waals surface area contributed by atoms with Crippen molar-refractivity contribution in [2.24, 2.45) is 0 Å². The van der Waals surface area contributed by atoms with Crippen LogP contribution in [0.25, 0.3) is 0 Å². The predicted octanol–water partition coefficient (Wildman–Crippen LogP) is 1.99. The summed E-state index contributed by atoms with van der Waals surface area (Å²) in [6.07, 6.45) is 0.620. The number of aromatic nitrogens is 1. The Morgan fingerprint density at radius 2 is 2.26 bits per heavy atom. The van der Waals surface area contributed by atoms with Gasteiger partial charge < -0.3 is 9.84 Å². The number of carbonyl (C=O) groups excluding carboxylic acids is 1. The number of carboxylic acid groups (broad SMARTS) is 1. The molecule has 0 radical (unpaired) electrons. The van der Waals surface area contributed by atoms with E-state index < -0.39 is 12.1 Å². The fraction of sp³-hybridized carbons (Fsp3) is 0.308. The van der Waals surface area contributed by atoms with Crippen LogP contribution in [0.15, 0.2) is 30.9 Å². The quantitative estimate of drug-likeness (QED) is 0.795. The molecule has 0 aromatic carbocycles. The van der Waals surface area contributed by atoms with Gasteiger partial charge in [0.05, 0.1) is 6.42 Å². The van der Waals surface area contributed by atoms with Crippen molar-refractivity contribution in [3.8, 4) is 0 Å². The highest BCUT2D eigenvalue weighted by Gasteiger charge is 2.19. The van der Waals surface area contributed by atoms with E-state index in [0.717, 1.165) is 5.69 Å². The molecule has 0 saturated carbocycles. The summed E-state index contributed by atoms with van der Waals surface area (Å²) in [5, 5.41) is 8.71. The van der Waals surface area contributed by atoms with Crippen LogP contribution >= 0.6 is 0 Å². The SMILES string of the molecule is C=CCOC(=O)N(CCC(=O)O)c1cccc(C)n1. The van der Waals surface area contributed by atoms with Gasteiger partial charge in [-0.15, -0.1) is 0 Å². The Morgan fingerprint density at radius 1 is 1.53 bits per heavy atom. The van der Waals surface area contributed by atoms with E-state index >= 15 is 0 Å². The molecule has 0 aliphatic rings. The molecule has 0 bridgehead atoms. The third-order valence-corrected chi connectivity index (χ3v) is 2.24. The molecule has 1 aromatic heterocycles. The van der Waals surface area contributed by atoms with Crippen LogP contribution < -0.4 is 4.90 Å². The third kappa shape index (κ3) is 4.79. The van der Waals surface area contributed by atoms with Crippen LogP contribution in [0.2, 0.25) is 0 Å². The molecule has 0 unspecified atom stereocenters. The maximum absolute atomic E-state index is 11.8. The number of nitrogens with zero attached hydrogens (tertiary/aromatic N) is 2. The number of amides is 1. The molecule has 19 heavy (non-hydrogen) atoms. The lowest BCUT2D eigenvalue weighted by atomic mass is 10.3. The molecule has 1 amide bonds. The molecule has 1 heterocycles. The summed E-state index contributed by atoms with van der Waals surface area (Å²) in [5.74, 6) is -0.621. The van der Waals surface area contributed by atoms with Crippen LogP contribution in [0.3, 0.4) is 0 Å². The molecule has 0 atom stereocenters. The van der Waals surface area contributed by atoms with Crippen molar-refractivity contribution in [2.75, 3.05) is 18.1 Å². The number of ether oxygens (including phenoxy) is 1. The first-order valence-corrected chi connectivity index (χ1v) is 5.75. The number of carbonyl (C=O) groups is 2. The summed E-state index contributed by atoms with van der Waals surface area (Å²) in [5.41, 5.74) is 0.731. The molecule has 102 valence electrons. The Balaban J connectivity index is 2.87. The van der Waals surface area contributed by atoms with Crippen LogP contribution in [0.4, 0.5) is 10.6 Å². The zero-order valence-electron chi connectivity index (χ0n) is 10.7. The normalized spacial score (nSPS) is 9.74. The van der Waals surface area contributed by atoms with Crippen molar-refractivity contribution in [2.45, 2.75) is 13.3 Å². The molecule has 0 spiro atoms. The highest BCUT2D eigenvalue weighted by atomic mass is 16.6. The van der Waals surface area contributed by atoms with Crippen molar-refractivity contribution in [3.05, 3.63) is 36.5 Å². The Kier molecular flexibility index (Phi) is 5.53. The second-order valence-corrected chi connectivity index (χ2v) is 3.80. The van der Waals surface area contributed by atoms with E-state index in [1.165, 1.54) is 11.0 Å². The smallest absolute Gasteiger partial charge is 0.415 e. The number of hydrogen-bond acceptors (Lipinski definition) is 4. The second kappa shape index (κ2) is 7.15. The van der Waals surface area contributed by atoms with Gasteiger partial charge in [0.2, 0.25) is 0 Å². The van der Waals surface area contributed by atoms with Gasteiger partial charge >= 0.3 is 12.1 Å². The van der Waals surface area contributed by atoms with E-state index in [9.17, 15) is 9.59 Å². The second-order valence-electron chi connectivity index (χ2n) is 3.80. The van der Waals surface area contributed by atoms with Gasteiger partial charge in [-0.25, -0.2) is 9.78 Å². The number of pyridine rings is 1. The number of aryl methyl sites for hydroxylation is 1. The fourth-order valence-corrected chi connectivity index (χ4v) is 1.39. The molecule has 1 N–H and O–H groups in total.